The molecule has 1 heterocycles. The molecule has 0 radical (unpaired) electrons. The highest BCUT2D eigenvalue weighted by molar-refractivity contribution is 5.90. The lowest BCUT2D eigenvalue weighted by atomic mass is 10.1. The van der Waals surface area contributed by atoms with Crippen molar-refractivity contribution < 1.29 is 4.39 Å². The highest BCUT2D eigenvalue weighted by Gasteiger charge is 2.09. The van der Waals surface area contributed by atoms with Crippen molar-refractivity contribution in [2.24, 2.45) is 0 Å². The van der Waals surface area contributed by atoms with Crippen molar-refractivity contribution in [2.75, 3.05) is 0 Å². The van der Waals surface area contributed by atoms with Crippen molar-refractivity contribution in [3.8, 4) is 6.07 Å². The number of nitrogens with zero attached hydrogens (tertiary/aromatic N) is 2. The van der Waals surface area contributed by atoms with E-state index in [9.17, 15) is 9.65 Å². The second kappa shape index (κ2) is 5.22. The molecule has 1 aromatic heterocycles. The molecular weight excluding hydrogens is 265 g/mol. The molecule has 1 N–H and O–H groups in total. The van der Waals surface area contributed by atoms with E-state index in [-0.39, 0.29) is 5.82 Å². The van der Waals surface area contributed by atoms with Gasteiger partial charge < -0.3 is 4.98 Å². The number of rotatable bonds is 2. The lowest BCUT2D eigenvalue weighted by Crippen LogP contribution is -1.87. The minimum atomic E-state index is -0.364. The fourth-order valence-electron chi connectivity index (χ4n) is 2.15. The minimum Gasteiger partial charge on any atom is -0.337 e. The molecule has 102 valence electrons. The fourth-order valence-corrected chi connectivity index (χ4v) is 2.15. The van der Waals surface area contributed by atoms with Crippen molar-refractivity contribution in [3.63, 3.8) is 0 Å². The molecule has 0 bridgehead atoms. The number of fused-ring (bicyclic) bond motifs is 1. The number of nitrogens with one attached hydrogen (secondary N) is 1. The third-order valence-corrected chi connectivity index (χ3v) is 3.22. The van der Waals surface area contributed by atoms with E-state index < -0.39 is 0 Å². The van der Waals surface area contributed by atoms with E-state index in [2.05, 4.69) is 16.0 Å². The van der Waals surface area contributed by atoms with Crippen LogP contribution in [0.3, 0.4) is 0 Å². The van der Waals surface area contributed by atoms with Gasteiger partial charge in [-0.2, -0.15) is 5.26 Å². The average Bonchev–Trinajstić information content (AvgIpc) is 2.89. The van der Waals surface area contributed by atoms with Crippen LogP contribution in [0.25, 0.3) is 22.7 Å². The number of aryl methyl sites for hydroxylation is 1. The lowest BCUT2D eigenvalue weighted by Gasteiger charge is -1.97. The van der Waals surface area contributed by atoms with Gasteiger partial charge in [0.05, 0.1) is 16.6 Å². The zero-order chi connectivity index (χ0) is 14.8. The second-order valence-corrected chi connectivity index (χ2v) is 4.80. The Hall–Kier alpha value is -2.93. The van der Waals surface area contributed by atoms with Crippen molar-refractivity contribution in [1.82, 2.24) is 9.97 Å². The number of aromatic amines is 1. The summed E-state index contributed by atoms with van der Waals surface area (Å²) in [5.41, 5.74) is 3.42. The molecule has 0 fully saturated rings. The van der Waals surface area contributed by atoms with Gasteiger partial charge in [0, 0.05) is 5.56 Å². The Labute approximate surface area is 121 Å². The number of hydrogen-bond acceptors (Lipinski definition) is 2. The zero-order valence-corrected chi connectivity index (χ0v) is 11.4. The van der Waals surface area contributed by atoms with Gasteiger partial charge in [0.25, 0.3) is 0 Å². The van der Waals surface area contributed by atoms with Gasteiger partial charge in [0.2, 0.25) is 0 Å². The standard InChI is InChI=1S/C17H12FN3/c1-11-6-7-15-16(8-11)21-17(20-15)13(10-19)9-12-4-2-3-5-14(12)18/h2-9H,1H3,(H,20,21)/b13-9-. The molecule has 0 saturated heterocycles. The van der Waals surface area contributed by atoms with Crippen molar-refractivity contribution in [1.29, 1.82) is 5.26 Å². The smallest absolute Gasteiger partial charge is 0.149 e. The maximum atomic E-state index is 13.7. The van der Waals surface area contributed by atoms with Gasteiger partial charge in [-0.1, -0.05) is 24.3 Å². The number of nitriles is 1. The van der Waals surface area contributed by atoms with E-state index in [4.69, 9.17) is 0 Å². The summed E-state index contributed by atoms with van der Waals surface area (Å²) in [5.74, 6) is 0.0820. The highest BCUT2D eigenvalue weighted by Crippen LogP contribution is 2.21. The molecule has 21 heavy (non-hydrogen) atoms. The van der Waals surface area contributed by atoms with Gasteiger partial charge in [-0.15, -0.1) is 0 Å². The zero-order valence-electron chi connectivity index (χ0n) is 11.4. The molecule has 4 heteroatoms. The van der Waals surface area contributed by atoms with Crippen LogP contribution in [0.4, 0.5) is 4.39 Å². The molecule has 0 amide bonds. The predicted molar refractivity (Wildman–Crippen MR) is 80.7 cm³/mol. The number of halogens is 1. The monoisotopic (exact) mass is 277 g/mol. The molecule has 0 aliphatic heterocycles. The number of hydrogen-bond donors (Lipinski definition) is 1. The number of allylic oxidation sites excluding steroid dienone is 1. The molecule has 0 spiro atoms. The quantitative estimate of drug-likeness (QED) is 0.718. The third kappa shape index (κ3) is 2.54. The van der Waals surface area contributed by atoms with Crippen LogP contribution in [0.2, 0.25) is 0 Å². The first-order valence-corrected chi connectivity index (χ1v) is 6.50. The largest absolute Gasteiger partial charge is 0.337 e. The minimum absolute atomic E-state index is 0.300. The first kappa shape index (κ1) is 13.1. The summed E-state index contributed by atoms with van der Waals surface area (Å²) in [6.07, 6.45) is 1.50. The number of aromatic nitrogens is 2. The Morgan fingerprint density at radius 2 is 2.10 bits per heavy atom. The van der Waals surface area contributed by atoms with Gasteiger partial charge in [-0.05, 0) is 36.8 Å². The van der Waals surface area contributed by atoms with E-state index in [0.717, 1.165) is 16.6 Å². The first-order chi connectivity index (χ1) is 10.2. The second-order valence-electron chi connectivity index (χ2n) is 4.80. The van der Waals surface area contributed by atoms with Crippen molar-refractivity contribution in [2.45, 2.75) is 6.92 Å². The Balaban J connectivity index is 2.10. The Morgan fingerprint density at radius 3 is 2.86 bits per heavy atom. The maximum absolute atomic E-state index is 13.7. The molecule has 0 atom stereocenters. The van der Waals surface area contributed by atoms with Crippen LogP contribution >= 0.6 is 0 Å². The van der Waals surface area contributed by atoms with Crippen LogP contribution in [-0.4, -0.2) is 9.97 Å². The summed E-state index contributed by atoms with van der Waals surface area (Å²) in [7, 11) is 0. The third-order valence-electron chi connectivity index (χ3n) is 3.22. The fraction of sp³-hybridized carbons (Fsp3) is 0.0588. The average molecular weight is 277 g/mol. The summed E-state index contributed by atoms with van der Waals surface area (Å²) in [5, 5.41) is 9.31. The predicted octanol–water partition coefficient (Wildman–Crippen LogP) is 4.07. The van der Waals surface area contributed by atoms with Crippen molar-refractivity contribution >= 4 is 22.7 Å². The van der Waals surface area contributed by atoms with Gasteiger partial charge >= 0.3 is 0 Å². The molecular formula is C17H12FN3. The van der Waals surface area contributed by atoms with E-state index >= 15 is 0 Å². The Bertz CT molecular complexity index is 884. The summed E-state index contributed by atoms with van der Waals surface area (Å²) < 4.78 is 13.7. The normalized spacial score (nSPS) is 11.6. The summed E-state index contributed by atoms with van der Waals surface area (Å²) in [4.78, 5) is 7.48. The maximum Gasteiger partial charge on any atom is 0.149 e. The molecule has 0 unspecified atom stereocenters. The summed E-state index contributed by atoms with van der Waals surface area (Å²) in [6, 6.07) is 14.2. The van der Waals surface area contributed by atoms with Crippen molar-refractivity contribution in [3.05, 3.63) is 65.2 Å². The van der Waals surface area contributed by atoms with Crippen LogP contribution in [0.15, 0.2) is 42.5 Å². The lowest BCUT2D eigenvalue weighted by molar-refractivity contribution is 0.625. The Morgan fingerprint density at radius 1 is 1.29 bits per heavy atom. The van der Waals surface area contributed by atoms with Gasteiger partial charge in [-0.3, -0.25) is 0 Å². The number of benzene rings is 2. The van der Waals surface area contributed by atoms with Crippen LogP contribution in [0, 0.1) is 24.1 Å². The molecule has 0 saturated carbocycles. The molecule has 0 aliphatic rings. The van der Waals surface area contributed by atoms with Crippen LogP contribution in [-0.2, 0) is 0 Å². The number of imidazole rings is 1. The molecule has 3 rings (SSSR count). The summed E-state index contributed by atoms with van der Waals surface area (Å²) >= 11 is 0. The van der Waals surface area contributed by atoms with E-state index in [1.54, 1.807) is 18.2 Å². The van der Waals surface area contributed by atoms with Crippen LogP contribution in [0.1, 0.15) is 17.0 Å². The summed E-state index contributed by atoms with van der Waals surface area (Å²) in [6.45, 7) is 1.99. The van der Waals surface area contributed by atoms with E-state index in [1.165, 1.54) is 12.1 Å². The molecule has 3 aromatic rings. The first-order valence-electron chi connectivity index (χ1n) is 6.50. The van der Waals surface area contributed by atoms with Gasteiger partial charge in [0.1, 0.15) is 17.7 Å². The van der Waals surface area contributed by atoms with E-state index in [1.807, 2.05) is 25.1 Å². The molecule has 3 nitrogen and oxygen atoms in total. The van der Waals surface area contributed by atoms with Crippen LogP contribution < -0.4 is 0 Å². The number of H-pyrrole nitrogens is 1. The van der Waals surface area contributed by atoms with Crippen LogP contribution in [0.5, 0.6) is 0 Å². The highest BCUT2D eigenvalue weighted by atomic mass is 19.1. The molecule has 2 aromatic carbocycles. The Kier molecular flexibility index (Phi) is 3.25. The SMILES string of the molecule is Cc1ccc2nc(/C(C#N)=C\c3ccccc3F)[nH]c2c1. The van der Waals surface area contributed by atoms with E-state index in [0.29, 0.717) is 17.0 Å². The van der Waals surface area contributed by atoms with Gasteiger partial charge in [-0.25, -0.2) is 9.37 Å². The molecule has 0 aliphatic carbocycles. The topological polar surface area (TPSA) is 52.5 Å². The van der Waals surface area contributed by atoms with Gasteiger partial charge in [0.15, 0.2) is 0 Å².